The number of nitro groups is 1. The average molecular weight is 290 g/mol. The molecule has 0 aliphatic heterocycles. The van der Waals surface area contributed by atoms with Gasteiger partial charge in [-0.1, -0.05) is 12.1 Å². The number of hydrogen-bond donors (Lipinski definition) is 2. The summed E-state index contributed by atoms with van der Waals surface area (Å²) < 4.78 is 13.3. The Morgan fingerprint density at radius 1 is 1.33 bits per heavy atom. The van der Waals surface area contributed by atoms with E-state index in [-0.39, 0.29) is 16.9 Å². The van der Waals surface area contributed by atoms with E-state index in [1.54, 1.807) is 6.92 Å². The number of aromatic carboxylic acids is 1. The van der Waals surface area contributed by atoms with Crippen molar-refractivity contribution in [2.24, 2.45) is 0 Å². The molecule has 0 aliphatic rings. The van der Waals surface area contributed by atoms with Crippen molar-refractivity contribution in [1.29, 1.82) is 0 Å². The van der Waals surface area contributed by atoms with Crippen LogP contribution in [0.15, 0.2) is 36.4 Å². The van der Waals surface area contributed by atoms with Crippen LogP contribution in [0.4, 0.5) is 21.5 Å². The highest BCUT2D eigenvalue weighted by molar-refractivity contribution is 5.98. The number of carbonyl (C=O) groups is 1. The topological polar surface area (TPSA) is 92.5 Å². The fourth-order valence-corrected chi connectivity index (χ4v) is 1.87. The minimum absolute atomic E-state index is 0.177. The quantitative estimate of drug-likeness (QED) is 0.664. The van der Waals surface area contributed by atoms with E-state index >= 15 is 0 Å². The first-order valence-corrected chi connectivity index (χ1v) is 5.94. The lowest BCUT2D eigenvalue weighted by Gasteiger charge is -2.12. The minimum Gasteiger partial charge on any atom is -0.478 e. The standard InChI is InChI=1S/C14H11FN2O4/c1-8-5-6-9(15)7-11(8)16-13-10(14(18)19)3-2-4-12(13)17(20)21/h2-7,16H,1H3,(H,18,19). The summed E-state index contributed by atoms with van der Waals surface area (Å²) in [4.78, 5) is 21.5. The van der Waals surface area contributed by atoms with Gasteiger partial charge < -0.3 is 10.4 Å². The van der Waals surface area contributed by atoms with Gasteiger partial charge in [0.05, 0.1) is 10.5 Å². The number of carboxylic acid groups (broad SMARTS) is 1. The highest BCUT2D eigenvalue weighted by Crippen LogP contribution is 2.32. The molecule has 0 saturated heterocycles. The normalized spacial score (nSPS) is 10.2. The van der Waals surface area contributed by atoms with Crippen LogP contribution in [0, 0.1) is 22.9 Å². The number of aryl methyl sites for hydroxylation is 1. The number of carboxylic acids is 1. The first-order valence-electron chi connectivity index (χ1n) is 5.94. The highest BCUT2D eigenvalue weighted by atomic mass is 19.1. The Labute approximate surface area is 119 Å². The third-order valence-corrected chi connectivity index (χ3v) is 2.93. The smallest absolute Gasteiger partial charge is 0.338 e. The van der Waals surface area contributed by atoms with E-state index in [9.17, 15) is 19.3 Å². The molecule has 2 rings (SSSR count). The molecule has 0 bridgehead atoms. The molecule has 21 heavy (non-hydrogen) atoms. The second-order valence-electron chi connectivity index (χ2n) is 4.35. The summed E-state index contributed by atoms with van der Waals surface area (Å²) in [6.07, 6.45) is 0. The number of benzene rings is 2. The molecule has 0 amide bonds. The van der Waals surface area contributed by atoms with Crippen molar-refractivity contribution < 1.29 is 19.2 Å². The van der Waals surface area contributed by atoms with Crippen LogP contribution in [0.25, 0.3) is 0 Å². The molecule has 7 heteroatoms. The molecule has 108 valence electrons. The van der Waals surface area contributed by atoms with Gasteiger partial charge >= 0.3 is 5.97 Å². The second-order valence-corrected chi connectivity index (χ2v) is 4.35. The van der Waals surface area contributed by atoms with E-state index in [1.807, 2.05) is 0 Å². The molecule has 0 radical (unpaired) electrons. The molecule has 0 aromatic heterocycles. The molecular weight excluding hydrogens is 279 g/mol. The van der Waals surface area contributed by atoms with Crippen LogP contribution in [0.3, 0.4) is 0 Å². The predicted molar refractivity (Wildman–Crippen MR) is 74.5 cm³/mol. The molecule has 2 aromatic rings. The molecule has 0 unspecified atom stereocenters. The minimum atomic E-state index is -1.31. The summed E-state index contributed by atoms with van der Waals surface area (Å²) in [5.74, 6) is -1.84. The number of hydrogen-bond acceptors (Lipinski definition) is 4. The van der Waals surface area contributed by atoms with Crippen LogP contribution in [-0.4, -0.2) is 16.0 Å². The van der Waals surface area contributed by atoms with Crippen LogP contribution >= 0.6 is 0 Å². The highest BCUT2D eigenvalue weighted by Gasteiger charge is 2.22. The Morgan fingerprint density at radius 2 is 2.05 bits per heavy atom. The third kappa shape index (κ3) is 2.97. The van der Waals surface area contributed by atoms with Crippen molar-refractivity contribution in [2.75, 3.05) is 5.32 Å². The molecule has 2 aromatic carbocycles. The Bertz CT molecular complexity index is 699. The molecule has 0 saturated carbocycles. The maximum absolute atomic E-state index is 13.3. The van der Waals surface area contributed by atoms with Gasteiger partial charge in [0.1, 0.15) is 11.5 Å². The van der Waals surface area contributed by atoms with Gasteiger partial charge in [-0.3, -0.25) is 10.1 Å². The van der Waals surface area contributed by atoms with E-state index < -0.39 is 22.4 Å². The molecular formula is C14H11FN2O4. The molecule has 6 nitrogen and oxygen atoms in total. The Balaban J connectivity index is 2.59. The van der Waals surface area contributed by atoms with E-state index in [2.05, 4.69) is 5.32 Å². The lowest BCUT2D eigenvalue weighted by Crippen LogP contribution is -2.06. The Morgan fingerprint density at radius 3 is 2.67 bits per heavy atom. The number of halogens is 1. The zero-order valence-electron chi connectivity index (χ0n) is 11.0. The average Bonchev–Trinajstić information content (AvgIpc) is 2.42. The summed E-state index contributed by atoms with van der Waals surface area (Å²) in [6, 6.07) is 7.60. The van der Waals surface area contributed by atoms with Crippen LogP contribution < -0.4 is 5.32 Å². The number of nitro benzene ring substituents is 1. The second kappa shape index (κ2) is 5.58. The van der Waals surface area contributed by atoms with Gasteiger partial charge in [0, 0.05) is 11.8 Å². The lowest BCUT2D eigenvalue weighted by molar-refractivity contribution is -0.383. The Hall–Kier alpha value is -2.96. The van der Waals surface area contributed by atoms with Gasteiger partial charge in [-0.2, -0.15) is 0 Å². The fraction of sp³-hybridized carbons (Fsp3) is 0.0714. The van der Waals surface area contributed by atoms with Crippen molar-refractivity contribution >= 4 is 23.0 Å². The van der Waals surface area contributed by atoms with Crippen LogP contribution in [0.1, 0.15) is 15.9 Å². The van der Waals surface area contributed by atoms with Crippen molar-refractivity contribution in [1.82, 2.24) is 0 Å². The third-order valence-electron chi connectivity index (χ3n) is 2.93. The molecule has 0 atom stereocenters. The van der Waals surface area contributed by atoms with Gasteiger partial charge in [-0.25, -0.2) is 9.18 Å². The number of nitrogens with one attached hydrogen (secondary N) is 1. The first kappa shape index (κ1) is 14.4. The number of para-hydroxylation sites is 1. The van der Waals surface area contributed by atoms with Gasteiger partial charge in [0.15, 0.2) is 0 Å². The summed E-state index contributed by atoms with van der Waals surface area (Å²) in [7, 11) is 0. The van der Waals surface area contributed by atoms with E-state index in [0.29, 0.717) is 5.56 Å². The van der Waals surface area contributed by atoms with Gasteiger partial charge in [-0.05, 0) is 30.7 Å². The van der Waals surface area contributed by atoms with Crippen molar-refractivity contribution in [3.05, 3.63) is 63.5 Å². The van der Waals surface area contributed by atoms with Crippen molar-refractivity contribution in [3.8, 4) is 0 Å². The number of anilines is 2. The lowest BCUT2D eigenvalue weighted by atomic mass is 10.1. The predicted octanol–water partition coefficient (Wildman–Crippen LogP) is 3.48. The molecule has 0 spiro atoms. The molecule has 0 aliphatic carbocycles. The zero-order valence-corrected chi connectivity index (χ0v) is 11.0. The largest absolute Gasteiger partial charge is 0.478 e. The molecule has 0 heterocycles. The van der Waals surface area contributed by atoms with E-state index in [0.717, 1.165) is 6.07 Å². The van der Waals surface area contributed by atoms with Crippen LogP contribution in [-0.2, 0) is 0 Å². The van der Waals surface area contributed by atoms with E-state index in [4.69, 9.17) is 5.11 Å². The Kier molecular flexibility index (Phi) is 3.84. The van der Waals surface area contributed by atoms with Crippen molar-refractivity contribution in [2.45, 2.75) is 6.92 Å². The van der Waals surface area contributed by atoms with E-state index in [1.165, 1.54) is 30.3 Å². The number of nitrogens with zero attached hydrogens (tertiary/aromatic N) is 1. The SMILES string of the molecule is Cc1ccc(F)cc1Nc1c(C(=O)O)cccc1[N+](=O)[O-]. The summed E-state index contributed by atoms with van der Waals surface area (Å²) in [5.41, 5.74) is 0.0767. The van der Waals surface area contributed by atoms with Gasteiger partial charge in [0.2, 0.25) is 0 Å². The maximum Gasteiger partial charge on any atom is 0.338 e. The van der Waals surface area contributed by atoms with Gasteiger partial charge in [-0.15, -0.1) is 0 Å². The van der Waals surface area contributed by atoms with Crippen LogP contribution in [0.5, 0.6) is 0 Å². The van der Waals surface area contributed by atoms with Crippen LogP contribution in [0.2, 0.25) is 0 Å². The zero-order chi connectivity index (χ0) is 15.6. The fourth-order valence-electron chi connectivity index (χ4n) is 1.87. The van der Waals surface area contributed by atoms with Gasteiger partial charge in [0.25, 0.3) is 5.69 Å². The first-order chi connectivity index (χ1) is 9.90. The molecule has 2 N–H and O–H groups in total. The number of rotatable bonds is 4. The summed E-state index contributed by atoms with van der Waals surface area (Å²) >= 11 is 0. The maximum atomic E-state index is 13.3. The molecule has 0 fully saturated rings. The van der Waals surface area contributed by atoms with Crippen molar-refractivity contribution in [3.63, 3.8) is 0 Å². The summed E-state index contributed by atoms with van der Waals surface area (Å²) in [5, 5.41) is 22.8. The monoisotopic (exact) mass is 290 g/mol. The summed E-state index contributed by atoms with van der Waals surface area (Å²) in [6.45, 7) is 1.68.